The summed E-state index contributed by atoms with van der Waals surface area (Å²) >= 11 is 0. The fourth-order valence-corrected chi connectivity index (χ4v) is 2.19. The van der Waals surface area contributed by atoms with Gasteiger partial charge in [0.25, 0.3) is 12.3 Å². The van der Waals surface area contributed by atoms with Crippen LogP contribution in [0.2, 0.25) is 0 Å². The van der Waals surface area contributed by atoms with Crippen LogP contribution in [-0.4, -0.2) is 31.6 Å². The standard InChI is InChI=1S/C16H15F2N5O2/c1-9(2)25-16-11(4-3-7-19-16)20-15(24)10-5-6-12-21-22-14(13(17)18)23(12)8-10/h3-9,13H,1-2H3,(H,20,24). The van der Waals surface area contributed by atoms with Crippen molar-refractivity contribution in [3.8, 4) is 5.88 Å². The number of nitrogens with zero attached hydrogens (tertiary/aromatic N) is 4. The highest BCUT2D eigenvalue weighted by molar-refractivity contribution is 6.04. The summed E-state index contributed by atoms with van der Waals surface area (Å²) in [4.78, 5) is 16.5. The number of fused-ring (bicyclic) bond motifs is 1. The molecule has 0 aliphatic rings. The van der Waals surface area contributed by atoms with E-state index < -0.39 is 18.2 Å². The van der Waals surface area contributed by atoms with Crippen LogP contribution in [0.25, 0.3) is 5.65 Å². The van der Waals surface area contributed by atoms with Crippen LogP contribution in [-0.2, 0) is 0 Å². The molecule has 3 heterocycles. The third-order valence-corrected chi connectivity index (χ3v) is 3.25. The van der Waals surface area contributed by atoms with Crippen molar-refractivity contribution in [2.24, 2.45) is 0 Å². The Kier molecular flexibility index (Phi) is 4.55. The van der Waals surface area contributed by atoms with E-state index in [2.05, 4.69) is 20.5 Å². The van der Waals surface area contributed by atoms with E-state index in [1.54, 1.807) is 18.3 Å². The summed E-state index contributed by atoms with van der Waals surface area (Å²) in [7, 11) is 0. The molecule has 0 aliphatic heterocycles. The zero-order valence-corrected chi connectivity index (χ0v) is 13.5. The van der Waals surface area contributed by atoms with Gasteiger partial charge in [0, 0.05) is 12.4 Å². The summed E-state index contributed by atoms with van der Waals surface area (Å²) in [6.07, 6.45) is -0.0954. The molecule has 3 aromatic rings. The van der Waals surface area contributed by atoms with Crippen LogP contribution in [0.15, 0.2) is 36.7 Å². The number of nitrogens with one attached hydrogen (secondary N) is 1. The quantitative estimate of drug-likeness (QED) is 0.767. The van der Waals surface area contributed by atoms with E-state index in [9.17, 15) is 13.6 Å². The number of carbonyl (C=O) groups is 1. The van der Waals surface area contributed by atoms with Gasteiger partial charge in [0.2, 0.25) is 11.7 Å². The number of ether oxygens (including phenoxy) is 1. The van der Waals surface area contributed by atoms with Crippen molar-refractivity contribution in [2.75, 3.05) is 5.32 Å². The first-order valence-corrected chi connectivity index (χ1v) is 7.51. The van der Waals surface area contributed by atoms with Crippen molar-refractivity contribution in [1.29, 1.82) is 0 Å². The van der Waals surface area contributed by atoms with Gasteiger partial charge in [-0.1, -0.05) is 0 Å². The number of hydrogen-bond acceptors (Lipinski definition) is 5. The minimum Gasteiger partial charge on any atom is -0.473 e. The van der Waals surface area contributed by atoms with E-state index in [1.165, 1.54) is 18.3 Å². The third kappa shape index (κ3) is 3.54. The third-order valence-electron chi connectivity index (χ3n) is 3.25. The average molecular weight is 347 g/mol. The number of aromatic nitrogens is 4. The zero-order valence-electron chi connectivity index (χ0n) is 13.5. The molecule has 0 aliphatic carbocycles. The summed E-state index contributed by atoms with van der Waals surface area (Å²) in [5.74, 6) is -0.725. The second kappa shape index (κ2) is 6.80. The highest BCUT2D eigenvalue weighted by Crippen LogP contribution is 2.23. The molecule has 0 fully saturated rings. The lowest BCUT2D eigenvalue weighted by atomic mass is 10.2. The van der Waals surface area contributed by atoms with Crippen molar-refractivity contribution in [2.45, 2.75) is 26.4 Å². The zero-order chi connectivity index (χ0) is 18.0. The molecular formula is C16H15F2N5O2. The molecule has 3 aromatic heterocycles. The van der Waals surface area contributed by atoms with Crippen molar-refractivity contribution < 1.29 is 18.3 Å². The van der Waals surface area contributed by atoms with Gasteiger partial charge in [-0.3, -0.25) is 9.20 Å². The Balaban J connectivity index is 1.89. The minimum absolute atomic E-state index is 0.118. The van der Waals surface area contributed by atoms with E-state index in [4.69, 9.17) is 4.74 Å². The van der Waals surface area contributed by atoms with Gasteiger partial charge in [-0.05, 0) is 38.1 Å². The van der Waals surface area contributed by atoms with Gasteiger partial charge in [-0.2, -0.15) is 0 Å². The molecule has 130 valence electrons. The number of halogens is 2. The highest BCUT2D eigenvalue weighted by Gasteiger charge is 2.18. The Morgan fingerprint density at radius 3 is 2.76 bits per heavy atom. The van der Waals surface area contributed by atoms with E-state index in [0.717, 1.165) is 4.40 Å². The number of anilines is 1. The predicted molar refractivity (Wildman–Crippen MR) is 85.9 cm³/mol. The van der Waals surface area contributed by atoms with Crippen LogP contribution in [0.1, 0.15) is 36.5 Å². The summed E-state index contributed by atoms with van der Waals surface area (Å²) < 4.78 is 32.5. The molecule has 7 nitrogen and oxygen atoms in total. The Labute approximate surface area is 141 Å². The normalized spacial score (nSPS) is 11.3. The monoisotopic (exact) mass is 347 g/mol. The molecule has 25 heavy (non-hydrogen) atoms. The topological polar surface area (TPSA) is 81.4 Å². The van der Waals surface area contributed by atoms with Gasteiger partial charge < -0.3 is 10.1 Å². The van der Waals surface area contributed by atoms with Crippen LogP contribution in [0, 0.1) is 0 Å². The lowest BCUT2D eigenvalue weighted by Gasteiger charge is -2.13. The molecule has 0 bridgehead atoms. The van der Waals surface area contributed by atoms with Crippen molar-refractivity contribution in [3.63, 3.8) is 0 Å². The summed E-state index contributed by atoms with van der Waals surface area (Å²) in [6.45, 7) is 3.68. The number of pyridine rings is 2. The van der Waals surface area contributed by atoms with Gasteiger partial charge in [0.1, 0.15) is 5.69 Å². The Bertz CT molecular complexity index is 910. The number of alkyl halides is 2. The van der Waals surface area contributed by atoms with Crippen molar-refractivity contribution in [3.05, 3.63) is 48.0 Å². The van der Waals surface area contributed by atoms with E-state index >= 15 is 0 Å². The molecular weight excluding hydrogens is 332 g/mol. The molecule has 9 heteroatoms. The molecule has 0 saturated heterocycles. The molecule has 3 rings (SSSR count). The van der Waals surface area contributed by atoms with Gasteiger partial charge in [0.05, 0.1) is 11.7 Å². The number of rotatable bonds is 5. The number of amides is 1. The van der Waals surface area contributed by atoms with Gasteiger partial charge in [0.15, 0.2) is 5.65 Å². The maximum Gasteiger partial charge on any atom is 0.297 e. The Hall–Kier alpha value is -3.10. The molecule has 1 N–H and O–H groups in total. The van der Waals surface area contributed by atoms with Gasteiger partial charge >= 0.3 is 0 Å². The summed E-state index contributed by atoms with van der Waals surface area (Å²) in [5, 5.41) is 9.74. The van der Waals surface area contributed by atoms with Crippen molar-refractivity contribution >= 4 is 17.2 Å². The highest BCUT2D eigenvalue weighted by atomic mass is 19.3. The number of hydrogen-bond donors (Lipinski definition) is 1. The van der Waals surface area contributed by atoms with Gasteiger partial charge in [-0.25, -0.2) is 13.8 Å². The first-order chi connectivity index (χ1) is 12.0. The molecule has 0 unspecified atom stereocenters. The predicted octanol–water partition coefficient (Wildman–Crippen LogP) is 3.10. The SMILES string of the molecule is CC(C)Oc1ncccc1NC(=O)c1ccc2nnc(C(F)F)n2c1. The summed E-state index contributed by atoms with van der Waals surface area (Å²) in [5.41, 5.74) is 0.796. The maximum absolute atomic E-state index is 12.9. The molecule has 0 atom stereocenters. The van der Waals surface area contributed by atoms with E-state index in [0.29, 0.717) is 5.69 Å². The second-order valence-electron chi connectivity index (χ2n) is 5.48. The smallest absolute Gasteiger partial charge is 0.297 e. The lowest BCUT2D eigenvalue weighted by molar-refractivity contribution is 0.102. The molecule has 0 saturated carbocycles. The fraction of sp³-hybridized carbons (Fsp3) is 0.250. The Morgan fingerprint density at radius 2 is 2.04 bits per heavy atom. The number of carbonyl (C=O) groups excluding carboxylic acids is 1. The largest absolute Gasteiger partial charge is 0.473 e. The fourth-order valence-electron chi connectivity index (χ4n) is 2.19. The summed E-state index contributed by atoms with van der Waals surface area (Å²) in [6, 6.07) is 6.22. The Morgan fingerprint density at radius 1 is 1.24 bits per heavy atom. The molecule has 1 amide bonds. The van der Waals surface area contributed by atoms with Crippen LogP contribution in [0.4, 0.5) is 14.5 Å². The minimum atomic E-state index is -2.79. The van der Waals surface area contributed by atoms with Crippen LogP contribution >= 0.6 is 0 Å². The maximum atomic E-state index is 12.9. The van der Waals surface area contributed by atoms with E-state index in [1.807, 2.05) is 13.8 Å². The van der Waals surface area contributed by atoms with Gasteiger partial charge in [-0.15, -0.1) is 10.2 Å². The average Bonchev–Trinajstić information content (AvgIpc) is 2.99. The van der Waals surface area contributed by atoms with E-state index in [-0.39, 0.29) is 23.2 Å². The molecule has 0 aromatic carbocycles. The van der Waals surface area contributed by atoms with Crippen LogP contribution in [0.3, 0.4) is 0 Å². The van der Waals surface area contributed by atoms with Crippen LogP contribution in [0.5, 0.6) is 5.88 Å². The molecule has 0 spiro atoms. The lowest BCUT2D eigenvalue weighted by Crippen LogP contribution is -2.15. The molecule has 0 radical (unpaired) electrons. The van der Waals surface area contributed by atoms with Crippen LogP contribution < -0.4 is 10.1 Å². The van der Waals surface area contributed by atoms with Crippen molar-refractivity contribution in [1.82, 2.24) is 19.6 Å². The first-order valence-electron chi connectivity index (χ1n) is 7.51. The second-order valence-corrected chi connectivity index (χ2v) is 5.48. The first kappa shape index (κ1) is 16.7.